The first-order valence-electron chi connectivity index (χ1n) is 12.1. The van der Waals surface area contributed by atoms with E-state index in [4.69, 9.17) is 9.84 Å². The van der Waals surface area contributed by atoms with Crippen LogP contribution in [0.4, 0.5) is 0 Å². The number of fused-ring (bicyclic) bond motifs is 5. The van der Waals surface area contributed by atoms with E-state index in [1.54, 1.807) is 6.92 Å². The Morgan fingerprint density at radius 2 is 1.60 bits per heavy atom. The Balaban J connectivity index is 1.42. The molecule has 0 amide bonds. The first-order chi connectivity index (χ1) is 14.1. The van der Waals surface area contributed by atoms with Crippen LogP contribution in [0, 0.1) is 40.4 Å². The zero-order valence-corrected chi connectivity index (χ0v) is 18.8. The van der Waals surface area contributed by atoms with E-state index in [9.17, 15) is 14.4 Å². The molecule has 0 aromatic carbocycles. The molecule has 0 aromatic heterocycles. The Morgan fingerprint density at radius 1 is 0.900 bits per heavy atom. The largest absolute Gasteiger partial charge is 0.481 e. The lowest BCUT2D eigenvalue weighted by Crippen LogP contribution is -2.54. The topological polar surface area (TPSA) is 80.7 Å². The molecule has 8 atom stereocenters. The number of carbonyl (C=O) groups is 3. The van der Waals surface area contributed by atoms with Crippen molar-refractivity contribution in [2.24, 2.45) is 40.4 Å². The second-order valence-electron chi connectivity index (χ2n) is 11.2. The van der Waals surface area contributed by atoms with Gasteiger partial charge in [0.2, 0.25) is 0 Å². The molecule has 0 radical (unpaired) electrons. The summed E-state index contributed by atoms with van der Waals surface area (Å²) in [6, 6.07) is 0. The summed E-state index contributed by atoms with van der Waals surface area (Å²) in [5, 5.41) is 8.77. The van der Waals surface area contributed by atoms with E-state index < -0.39 is 5.97 Å². The lowest BCUT2D eigenvalue weighted by molar-refractivity contribution is -0.164. The predicted octanol–water partition coefficient (Wildman–Crippen LogP) is 5.01. The van der Waals surface area contributed by atoms with Crippen LogP contribution in [0.1, 0.15) is 91.4 Å². The Bertz CT molecular complexity index is 716. The van der Waals surface area contributed by atoms with Crippen molar-refractivity contribution in [3.8, 4) is 0 Å². The van der Waals surface area contributed by atoms with Crippen molar-refractivity contribution in [1.29, 1.82) is 0 Å². The summed E-state index contributed by atoms with van der Waals surface area (Å²) in [5.74, 6) is 2.07. The first-order valence-corrected chi connectivity index (χ1v) is 12.1. The molecule has 0 heterocycles. The van der Waals surface area contributed by atoms with Gasteiger partial charge in [-0.1, -0.05) is 13.8 Å². The molecule has 0 aromatic rings. The number of Topliss-reactive ketones (excluding diaryl/α,β-unsaturated/α-hetero) is 1. The summed E-state index contributed by atoms with van der Waals surface area (Å²) >= 11 is 0. The number of esters is 1. The van der Waals surface area contributed by atoms with Gasteiger partial charge in [-0.05, 0) is 99.2 Å². The molecule has 168 valence electrons. The number of hydrogen-bond donors (Lipinski definition) is 1. The molecule has 4 fully saturated rings. The maximum absolute atomic E-state index is 12.3. The van der Waals surface area contributed by atoms with Gasteiger partial charge in [-0.15, -0.1) is 0 Å². The van der Waals surface area contributed by atoms with Crippen LogP contribution in [-0.2, 0) is 19.1 Å². The van der Waals surface area contributed by atoms with E-state index in [1.165, 1.54) is 32.1 Å². The molecule has 30 heavy (non-hydrogen) atoms. The van der Waals surface area contributed by atoms with Crippen molar-refractivity contribution in [1.82, 2.24) is 0 Å². The molecule has 1 N–H and O–H groups in total. The van der Waals surface area contributed by atoms with Gasteiger partial charge in [0.25, 0.3) is 0 Å². The van der Waals surface area contributed by atoms with E-state index in [0.29, 0.717) is 23.0 Å². The fraction of sp³-hybridized carbons (Fsp3) is 0.880. The van der Waals surface area contributed by atoms with Crippen LogP contribution in [0.25, 0.3) is 0 Å². The van der Waals surface area contributed by atoms with Crippen molar-refractivity contribution in [2.45, 2.75) is 97.5 Å². The molecule has 4 aliphatic rings. The lowest BCUT2D eigenvalue weighted by Gasteiger charge is -2.61. The highest BCUT2D eigenvalue weighted by atomic mass is 16.5. The summed E-state index contributed by atoms with van der Waals surface area (Å²) < 4.78 is 5.66. The monoisotopic (exact) mass is 418 g/mol. The third kappa shape index (κ3) is 3.60. The van der Waals surface area contributed by atoms with Gasteiger partial charge in [0.15, 0.2) is 0 Å². The average molecular weight is 419 g/mol. The van der Waals surface area contributed by atoms with Gasteiger partial charge >= 0.3 is 11.9 Å². The van der Waals surface area contributed by atoms with Gasteiger partial charge in [-0.2, -0.15) is 0 Å². The minimum absolute atomic E-state index is 0.0317. The number of ether oxygens (including phenoxy) is 1. The van der Waals surface area contributed by atoms with Crippen LogP contribution < -0.4 is 0 Å². The van der Waals surface area contributed by atoms with Crippen LogP contribution in [0.15, 0.2) is 0 Å². The van der Waals surface area contributed by atoms with Crippen molar-refractivity contribution in [3.63, 3.8) is 0 Å². The molecule has 0 saturated heterocycles. The molecule has 4 saturated carbocycles. The second-order valence-corrected chi connectivity index (χ2v) is 11.2. The smallest absolute Gasteiger partial charge is 0.306 e. The van der Waals surface area contributed by atoms with Gasteiger partial charge in [0.1, 0.15) is 11.9 Å². The highest BCUT2D eigenvalue weighted by molar-refractivity contribution is 5.79. The zero-order chi connectivity index (χ0) is 21.7. The number of carboxylic acid groups (broad SMARTS) is 1. The van der Waals surface area contributed by atoms with Crippen LogP contribution in [0.2, 0.25) is 0 Å². The Morgan fingerprint density at radius 3 is 2.30 bits per heavy atom. The minimum atomic E-state index is -0.954. The first kappa shape index (κ1) is 21.8. The van der Waals surface area contributed by atoms with Crippen molar-refractivity contribution in [2.75, 3.05) is 0 Å². The number of ketones is 1. The van der Waals surface area contributed by atoms with Gasteiger partial charge in [0, 0.05) is 5.92 Å². The molecule has 4 rings (SSSR count). The fourth-order valence-corrected chi connectivity index (χ4v) is 8.45. The molecule has 5 heteroatoms. The van der Waals surface area contributed by atoms with E-state index in [-0.39, 0.29) is 36.2 Å². The molecular weight excluding hydrogens is 380 g/mol. The third-order valence-corrected chi connectivity index (χ3v) is 9.95. The molecular formula is C25H38O5. The minimum Gasteiger partial charge on any atom is -0.481 e. The summed E-state index contributed by atoms with van der Waals surface area (Å²) in [6.07, 6.45) is 9.82. The molecule has 4 unspecified atom stereocenters. The van der Waals surface area contributed by atoms with E-state index in [1.807, 2.05) is 0 Å². The number of rotatable bonds is 5. The zero-order valence-electron chi connectivity index (χ0n) is 18.8. The summed E-state index contributed by atoms with van der Waals surface area (Å²) in [6.45, 7) is 6.67. The molecule has 0 bridgehead atoms. The van der Waals surface area contributed by atoms with Crippen molar-refractivity contribution < 1.29 is 24.2 Å². The van der Waals surface area contributed by atoms with Crippen molar-refractivity contribution >= 4 is 17.7 Å². The van der Waals surface area contributed by atoms with Crippen LogP contribution in [0.5, 0.6) is 0 Å². The summed E-state index contributed by atoms with van der Waals surface area (Å²) in [5.41, 5.74) is 0.510. The predicted molar refractivity (Wildman–Crippen MR) is 113 cm³/mol. The standard InChI is InChI=1S/C25H38O5/c1-15(26)19-6-7-20-18-5-4-16-14-17(30-23(29)9-8-22(27)28)10-12-24(16,2)21(18)11-13-25(19,20)3/h16-21H,4-14H2,1-3H3,(H,27,28)/t16-,17-,18?,19?,20?,21?,24+,25-/m1/s1. The Labute approximate surface area is 180 Å². The van der Waals surface area contributed by atoms with Crippen molar-refractivity contribution in [3.05, 3.63) is 0 Å². The molecule has 0 aliphatic heterocycles. The van der Waals surface area contributed by atoms with Gasteiger partial charge in [-0.25, -0.2) is 0 Å². The van der Waals surface area contributed by atoms with Crippen LogP contribution >= 0.6 is 0 Å². The lowest BCUT2D eigenvalue weighted by atomic mass is 9.44. The highest BCUT2D eigenvalue weighted by Gasteiger charge is 2.60. The van der Waals surface area contributed by atoms with E-state index in [2.05, 4.69) is 13.8 Å². The second kappa shape index (κ2) is 7.94. The maximum Gasteiger partial charge on any atom is 0.306 e. The Hall–Kier alpha value is -1.39. The quantitative estimate of drug-likeness (QED) is 0.635. The highest BCUT2D eigenvalue weighted by Crippen LogP contribution is 2.67. The fourth-order valence-electron chi connectivity index (χ4n) is 8.45. The van der Waals surface area contributed by atoms with Gasteiger partial charge < -0.3 is 9.84 Å². The van der Waals surface area contributed by atoms with Crippen LogP contribution in [-0.4, -0.2) is 28.9 Å². The maximum atomic E-state index is 12.3. The summed E-state index contributed by atoms with van der Waals surface area (Å²) in [7, 11) is 0. The van der Waals surface area contributed by atoms with E-state index >= 15 is 0 Å². The normalized spacial score (nSPS) is 45.0. The van der Waals surface area contributed by atoms with Gasteiger partial charge in [-0.3, -0.25) is 14.4 Å². The molecule has 5 nitrogen and oxygen atoms in total. The van der Waals surface area contributed by atoms with E-state index in [0.717, 1.165) is 37.5 Å². The van der Waals surface area contributed by atoms with Gasteiger partial charge in [0.05, 0.1) is 12.8 Å². The molecule has 0 spiro atoms. The average Bonchev–Trinajstić information content (AvgIpc) is 3.04. The number of hydrogen-bond acceptors (Lipinski definition) is 4. The number of carbonyl (C=O) groups excluding carboxylic acids is 2. The van der Waals surface area contributed by atoms with Crippen LogP contribution in [0.3, 0.4) is 0 Å². The number of aliphatic carboxylic acids is 1. The molecule has 4 aliphatic carbocycles. The summed E-state index contributed by atoms with van der Waals surface area (Å²) in [4.78, 5) is 35.0. The third-order valence-electron chi connectivity index (χ3n) is 9.95. The Kier molecular flexibility index (Phi) is 5.78. The number of carboxylic acids is 1. The SMILES string of the molecule is CC(=O)C1CCC2C3CC[C@@H]4C[C@H](OC(=O)CCC(=O)O)CC[C@]4(C)C3CC[C@]12C.